The molecule has 0 rings (SSSR count). The van der Waals surface area contributed by atoms with E-state index in [9.17, 15) is 4.79 Å². The van der Waals surface area contributed by atoms with Crippen molar-refractivity contribution in [3.63, 3.8) is 0 Å². The Balaban J connectivity index is 3.25. The number of hydrogen-bond donors (Lipinski definition) is 1. The molecule has 0 aromatic rings. The van der Waals surface area contributed by atoms with E-state index in [2.05, 4.69) is 5.32 Å². The number of hydrogen-bond acceptors (Lipinski definition) is 2. The maximum absolute atomic E-state index is 9.87. The lowest BCUT2D eigenvalue weighted by molar-refractivity contribution is -0.110. The minimum atomic E-state index is 0.248. The van der Waals surface area contributed by atoms with E-state index in [0.717, 1.165) is 13.0 Å². The molecule has 1 unspecified atom stereocenters. The normalized spacial score (nSPS) is 13.3. The number of nitrogens with zero attached hydrogens (tertiary/aromatic N) is 1. The molecule has 0 aliphatic carbocycles. The van der Waals surface area contributed by atoms with E-state index >= 15 is 0 Å². The summed E-state index contributed by atoms with van der Waals surface area (Å²) in [5.41, 5.74) is 0. The van der Waals surface area contributed by atoms with E-state index in [1.807, 2.05) is 25.9 Å². The van der Waals surface area contributed by atoms with Gasteiger partial charge in [0.15, 0.2) is 0 Å². The molecule has 1 atom stereocenters. The molecule has 0 aromatic heterocycles. The summed E-state index contributed by atoms with van der Waals surface area (Å²) in [6.07, 6.45) is 0.730. The van der Waals surface area contributed by atoms with Gasteiger partial charge in [0, 0.05) is 12.6 Å². The van der Waals surface area contributed by atoms with Gasteiger partial charge in [-0.1, -0.05) is 0 Å². The third-order valence-corrected chi connectivity index (χ3v) is 0.992. The van der Waals surface area contributed by atoms with E-state index in [-0.39, 0.29) is 6.04 Å². The molecule has 0 aromatic carbocycles. The molecular weight excluding hydrogens is 116 g/mol. The lowest BCUT2D eigenvalue weighted by atomic mass is 10.3. The SMILES string of the molecule is CC(CN(C)C)NC=O. The van der Waals surface area contributed by atoms with Gasteiger partial charge in [0.1, 0.15) is 0 Å². The van der Waals surface area contributed by atoms with Crippen LogP contribution < -0.4 is 5.32 Å². The van der Waals surface area contributed by atoms with Crippen LogP contribution in [0.5, 0.6) is 0 Å². The van der Waals surface area contributed by atoms with Crippen molar-refractivity contribution in [1.82, 2.24) is 10.2 Å². The van der Waals surface area contributed by atoms with E-state index in [4.69, 9.17) is 0 Å². The minimum Gasteiger partial charge on any atom is -0.355 e. The van der Waals surface area contributed by atoms with Gasteiger partial charge in [0.25, 0.3) is 0 Å². The molecule has 0 saturated carbocycles. The van der Waals surface area contributed by atoms with Crippen LogP contribution in [0.3, 0.4) is 0 Å². The summed E-state index contributed by atoms with van der Waals surface area (Å²) in [7, 11) is 3.95. The maximum atomic E-state index is 9.87. The van der Waals surface area contributed by atoms with Crippen molar-refractivity contribution in [3.8, 4) is 0 Å². The van der Waals surface area contributed by atoms with Gasteiger partial charge >= 0.3 is 0 Å². The molecule has 54 valence electrons. The highest BCUT2D eigenvalue weighted by atomic mass is 16.1. The number of carbonyl (C=O) groups excluding carboxylic acids is 1. The quantitative estimate of drug-likeness (QED) is 0.529. The summed E-state index contributed by atoms with van der Waals surface area (Å²) in [5.74, 6) is 0. The second-order valence-corrected chi connectivity index (χ2v) is 2.45. The van der Waals surface area contributed by atoms with Crippen molar-refractivity contribution in [2.75, 3.05) is 20.6 Å². The molecular formula is C6H14N2O. The first-order chi connectivity index (χ1) is 4.16. The molecule has 0 bridgehead atoms. The molecule has 1 N–H and O–H groups in total. The average Bonchev–Trinajstić information content (AvgIpc) is 1.63. The van der Waals surface area contributed by atoms with Gasteiger partial charge in [-0.25, -0.2) is 0 Å². The van der Waals surface area contributed by atoms with Crippen molar-refractivity contribution < 1.29 is 4.79 Å². The van der Waals surface area contributed by atoms with Crippen LogP contribution in [0, 0.1) is 0 Å². The highest BCUT2D eigenvalue weighted by Gasteiger charge is 1.98. The number of carbonyl (C=O) groups is 1. The summed E-state index contributed by atoms with van der Waals surface area (Å²) in [5, 5.41) is 2.65. The second kappa shape index (κ2) is 4.32. The Bertz CT molecular complexity index is 83.1. The first-order valence-electron chi connectivity index (χ1n) is 3.01. The molecule has 0 radical (unpaired) electrons. The summed E-state index contributed by atoms with van der Waals surface area (Å²) >= 11 is 0. The number of nitrogens with one attached hydrogen (secondary N) is 1. The average molecular weight is 130 g/mol. The van der Waals surface area contributed by atoms with Crippen LogP contribution >= 0.6 is 0 Å². The smallest absolute Gasteiger partial charge is 0.207 e. The molecule has 9 heavy (non-hydrogen) atoms. The molecule has 0 aliphatic heterocycles. The summed E-state index contributed by atoms with van der Waals surface area (Å²) < 4.78 is 0. The molecule has 0 fully saturated rings. The van der Waals surface area contributed by atoms with Crippen molar-refractivity contribution in [2.24, 2.45) is 0 Å². The van der Waals surface area contributed by atoms with Crippen molar-refractivity contribution in [3.05, 3.63) is 0 Å². The van der Waals surface area contributed by atoms with Crippen molar-refractivity contribution >= 4 is 6.41 Å². The fourth-order valence-electron chi connectivity index (χ4n) is 0.717. The zero-order valence-electron chi connectivity index (χ0n) is 6.22. The van der Waals surface area contributed by atoms with E-state index in [0.29, 0.717) is 0 Å². The van der Waals surface area contributed by atoms with Gasteiger partial charge in [-0.05, 0) is 21.0 Å². The monoisotopic (exact) mass is 130 g/mol. The van der Waals surface area contributed by atoms with Crippen LogP contribution in [-0.2, 0) is 4.79 Å². The third kappa shape index (κ3) is 5.30. The number of amides is 1. The summed E-state index contributed by atoms with van der Waals surface area (Å²) in [4.78, 5) is 11.9. The Hall–Kier alpha value is -0.570. The van der Waals surface area contributed by atoms with Gasteiger partial charge in [-0.15, -0.1) is 0 Å². The first kappa shape index (κ1) is 8.43. The second-order valence-electron chi connectivity index (χ2n) is 2.45. The Morgan fingerprint density at radius 1 is 1.67 bits per heavy atom. The minimum absolute atomic E-state index is 0.248. The van der Waals surface area contributed by atoms with Crippen molar-refractivity contribution in [1.29, 1.82) is 0 Å². The molecule has 0 aliphatic rings. The predicted molar refractivity (Wildman–Crippen MR) is 37.2 cm³/mol. The fraction of sp³-hybridized carbons (Fsp3) is 0.833. The van der Waals surface area contributed by atoms with E-state index < -0.39 is 0 Å². The molecule has 3 heteroatoms. The Kier molecular flexibility index (Phi) is 4.05. The highest BCUT2D eigenvalue weighted by Crippen LogP contribution is 1.81. The lowest BCUT2D eigenvalue weighted by Crippen LogP contribution is -2.34. The van der Waals surface area contributed by atoms with Gasteiger partial charge in [-0.3, -0.25) is 4.79 Å². The molecule has 0 saturated heterocycles. The van der Waals surface area contributed by atoms with E-state index in [1.54, 1.807) is 0 Å². The zero-order chi connectivity index (χ0) is 7.28. The molecule has 0 heterocycles. The van der Waals surface area contributed by atoms with Gasteiger partial charge in [-0.2, -0.15) is 0 Å². The Morgan fingerprint density at radius 2 is 2.22 bits per heavy atom. The summed E-state index contributed by atoms with van der Waals surface area (Å²) in [6.45, 7) is 2.85. The van der Waals surface area contributed by atoms with Crippen molar-refractivity contribution in [2.45, 2.75) is 13.0 Å². The zero-order valence-corrected chi connectivity index (χ0v) is 6.22. The van der Waals surface area contributed by atoms with Crippen LogP contribution in [0.25, 0.3) is 0 Å². The largest absolute Gasteiger partial charge is 0.355 e. The first-order valence-corrected chi connectivity index (χ1v) is 3.01. The summed E-state index contributed by atoms with van der Waals surface area (Å²) in [6, 6.07) is 0.248. The van der Waals surface area contributed by atoms with Crippen LogP contribution in [0.1, 0.15) is 6.92 Å². The predicted octanol–water partition coefficient (Wildman–Crippen LogP) is -0.317. The number of rotatable bonds is 4. The molecule has 1 amide bonds. The molecule has 3 nitrogen and oxygen atoms in total. The molecule has 0 spiro atoms. The lowest BCUT2D eigenvalue weighted by Gasteiger charge is -2.15. The van der Waals surface area contributed by atoms with Crippen LogP contribution in [-0.4, -0.2) is 38.0 Å². The Labute approximate surface area is 56.0 Å². The Morgan fingerprint density at radius 3 is 2.56 bits per heavy atom. The van der Waals surface area contributed by atoms with E-state index in [1.165, 1.54) is 0 Å². The van der Waals surface area contributed by atoms with Gasteiger partial charge in [0.2, 0.25) is 6.41 Å². The van der Waals surface area contributed by atoms with Crippen LogP contribution in [0.2, 0.25) is 0 Å². The standard InChI is InChI=1S/C6H14N2O/c1-6(7-5-9)4-8(2)3/h5-6H,4H2,1-3H3,(H,7,9). The van der Waals surface area contributed by atoms with Crippen LogP contribution in [0.15, 0.2) is 0 Å². The topological polar surface area (TPSA) is 32.3 Å². The van der Waals surface area contributed by atoms with Gasteiger partial charge < -0.3 is 10.2 Å². The maximum Gasteiger partial charge on any atom is 0.207 e. The number of likely N-dealkylation sites (N-methyl/N-ethyl adjacent to an activating group) is 1. The fourth-order valence-corrected chi connectivity index (χ4v) is 0.717. The van der Waals surface area contributed by atoms with Crippen LogP contribution in [0.4, 0.5) is 0 Å². The third-order valence-electron chi connectivity index (χ3n) is 0.992. The van der Waals surface area contributed by atoms with Gasteiger partial charge in [0.05, 0.1) is 0 Å². The highest BCUT2D eigenvalue weighted by molar-refractivity contribution is 5.46.